The van der Waals surface area contributed by atoms with Crippen molar-refractivity contribution < 1.29 is 9.66 Å². The summed E-state index contributed by atoms with van der Waals surface area (Å²) in [6.07, 6.45) is 0.984. The largest absolute Gasteiger partial charge is 0.457 e. The zero-order chi connectivity index (χ0) is 17.0. The Kier molecular flexibility index (Phi) is 12.1. The molecule has 0 heterocycles. The van der Waals surface area contributed by atoms with Crippen LogP contribution in [-0.4, -0.2) is 4.92 Å². The van der Waals surface area contributed by atoms with Crippen LogP contribution in [0.3, 0.4) is 0 Å². The molecule has 0 atom stereocenters. The predicted molar refractivity (Wildman–Crippen MR) is 108 cm³/mol. The van der Waals surface area contributed by atoms with E-state index in [1.54, 1.807) is 12.1 Å². The molecule has 0 bridgehead atoms. The summed E-state index contributed by atoms with van der Waals surface area (Å²) in [4.78, 5) is 10.1. The average molecular weight is 527 g/mol. The second-order valence-corrected chi connectivity index (χ2v) is 3.85. The number of benzene rings is 2. The number of nitrogens with zero attached hydrogens (tertiary/aromatic N) is 1. The molecule has 0 fully saturated rings. The van der Waals surface area contributed by atoms with Gasteiger partial charge in [-0.05, 0) is 36.2 Å². The molecule has 0 aliphatic carbocycles. The van der Waals surface area contributed by atoms with Gasteiger partial charge in [-0.1, -0.05) is 32.9 Å². The molecule has 4 nitrogen and oxygen atoms in total. The van der Waals surface area contributed by atoms with Gasteiger partial charge in [-0.15, -0.1) is 0 Å². The minimum absolute atomic E-state index is 0.0590. The van der Waals surface area contributed by atoms with Crippen molar-refractivity contribution in [2.75, 3.05) is 0 Å². The van der Waals surface area contributed by atoms with E-state index in [1.807, 2.05) is 38.1 Å². The standard InChI is InChI=1S/C14H13NO3.C2H6.I2/c1-2-11-3-7-13(8-4-11)18-14-9-5-12(6-10-14)15(16)17;2*1-2/h3-10H,2H2,1H3;1-2H3;. The number of nitro groups is 1. The van der Waals surface area contributed by atoms with Crippen molar-refractivity contribution in [3.8, 4) is 11.5 Å². The first-order chi connectivity index (χ1) is 10.7. The maximum Gasteiger partial charge on any atom is 0.269 e. The first-order valence-electron chi connectivity index (χ1n) is 6.84. The molecule has 0 unspecified atom stereocenters. The van der Waals surface area contributed by atoms with Gasteiger partial charge in [-0.2, -0.15) is 0 Å². The molecule has 0 aliphatic heterocycles. The first-order valence-corrected chi connectivity index (χ1v) is 13.1. The summed E-state index contributed by atoms with van der Waals surface area (Å²) in [6, 6.07) is 13.8. The summed E-state index contributed by atoms with van der Waals surface area (Å²) in [5, 5.41) is 10.5. The van der Waals surface area contributed by atoms with Crippen molar-refractivity contribution in [1.82, 2.24) is 0 Å². The Bertz CT molecular complexity index is 542. The third kappa shape index (κ3) is 7.39. The van der Waals surface area contributed by atoms with Crippen molar-refractivity contribution in [2.45, 2.75) is 27.2 Å². The number of hydrogen-bond acceptors (Lipinski definition) is 3. The Hall–Kier alpha value is -0.900. The fraction of sp³-hybridized carbons (Fsp3) is 0.250. The quantitative estimate of drug-likeness (QED) is 0.251. The van der Waals surface area contributed by atoms with Gasteiger partial charge in [-0.3, -0.25) is 10.1 Å². The van der Waals surface area contributed by atoms with E-state index in [9.17, 15) is 10.1 Å². The highest BCUT2D eigenvalue weighted by Crippen LogP contribution is 2.24. The van der Waals surface area contributed by atoms with Gasteiger partial charge in [0.1, 0.15) is 11.5 Å². The highest BCUT2D eigenvalue weighted by molar-refractivity contribution is 15.0. The molecule has 2 rings (SSSR count). The topological polar surface area (TPSA) is 52.4 Å². The summed E-state index contributed by atoms with van der Waals surface area (Å²) < 4.78 is 5.59. The fourth-order valence-electron chi connectivity index (χ4n) is 1.57. The SMILES string of the molecule is CC.CCc1ccc(Oc2ccc([N+](=O)[O-])cc2)cc1.II. The fourth-order valence-corrected chi connectivity index (χ4v) is 1.57. The summed E-state index contributed by atoms with van der Waals surface area (Å²) in [5.41, 5.74) is 1.30. The van der Waals surface area contributed by atoms with E-state index in [4.69, 9.17) is 4.74 Å². The third-order valence-electron chi connectivity index (χ3n) is 2.61. The van der Waals surface area contributed by atoms with E-state index in [2.05, 4.69) is 44.2 Å². The molecule has 6 heteroatoms. The van der Waals surface area contributed by atoms with Crippen LogP contribution in [0.5, 0.6) is 11.5 Å². The summed E-state index contributed by atoms with van der Waals surface area (Å²) in [5.74, 6) is 1.31. The van der Waals surface area contributed by atoms with Crippen molar-refractivity contribution in [2.24, 2.45) is 0 Å². The van der Waals surface area contributed by atoms with Gasteiger partial charge in [0.2, 0.25) is 0 Å². The number of halogens is 2. The smallest absolute Gasteiger partial charge is 0.269 e. The predicted octanol–water partition coefficient (Wildman–Crippen LogP) is 6.75. The van der Waals surface area contributed by atoms with E-state index in [1.165, 1.54) is 17.7 Å². The molecular formula is C16H19I2NO3. The zero-order valence-corrected chi connectivity index (χ0v) is 17.1. The van der Waals surface area contributed by atoms with Gasteiger partial charge in [-0.25, -0.2) is 0 Å². The average Bonchev–Trinajstić information content (AvgIpc) is 2.59. The molecule has 0 saturated heterocycles. The molecule has 2 aromatic carbocycles. The lowest BCUT2D eigenvalue weighted by atomic mass is 10.2. The minimum Gasteiger partial charge on any atom is -0.457 e. The lowest BCUT2D eigenvalue weighted by Crippen LogP contribution is -1.88. The van der Waals surface area contributed by atoms with E-state index < -0.39 is 4.92 Å². The van der Waals surface area contributed by atoms with Crippen molar-refractivity contribution >= 4 is 42.9 Å². The number of nitro benzene ring substituents is 1. The second kappa shape index (κ2) is 12.6. The molecular weight excluding hydrogens is 508 g/mol. The maximum atomic E-state index is 10.5. The Morgan fingerprint density at radius 2 is 1.36 bits per heavy atom. The molecule has 0 aliphatic rings. The van der Waals surface area contributed by atoms with Crippen LogP contribution in [0.2, 0.25) is 0 Å². The second-order valence-electron chi connectivity index (χ2n) is 3.85. The third-order valence-corrected chi connectivity index (χ3v) is 2.61. The number of rotatable bonds is 4. The zero-order valence-electron chi connectivity index (χ0n) is 12.8. The highest BCUT2D eigenvalue weighted by atomic mass is 128. The van der Waals surface area contributed by atoms with Crippen LogP contribution in [-0.2, 0) is 6.42 Å². The number of hydrogen-bond donors (Lipinski definition) is 0. The van der Waals surface area contributed by atoms with Crippen LogP contribution in [0.1, 0.15) is 26.3 Å². The molecule has 2 aromatic rings. The molecule has 0 spiro atoms. The Morgan fingerprint density at radius 1 is 0.955 bits per heavy atom. The van der Waals surface area contributed by atoms with Gasteiger partial charge >= 0.3 is 0 Å². The number of aryl methyl sites for hydroxylation is 1. The Morgan fingerprint density at radius 3 is 1.73 bits per heavy atom. The summed E-state index contributed by atoms with van der Waals surface area (Å²) in [7, 11) is 0. The van der Waals surface area contributed by atoms with Crippen LogP contribution in [0, 0.1) is 10.1 Å². The van der Waals surface area contributed by atoms with Crippen LogP contribution >= 0.6 is 37.2 Å². The van der Waals surface area contributed by atoms with Crippen LogP contribution in [0.4, 0.5) is 5.69 Å². The van der Waals surface area contributed by atoms with E-state index in [0.717, 1.165) is 12.2 Å². The molecule has 0 N–H and O–H groups in total. The monoisotopic (exact) mass is 527 g/mol. The minimum atomic E-state index is -0.431. The van der Waals surface area contributed by atoms with Crippen LogP contribution in [0.15, 0.2) is 48.5 Å². The Balaban J connectivity index is 0.00000102. The van der Waals surface area contributed by atoms with Gasteiger partial charge in [0.05, 0.1) is 4.92 Å². The lowest BCUT2D eigenvalue weighted by molar-refractivity contribution is -0.384. The molecule has 120 valence electrons. The van der Waals surface area contributed by atoms with Crippen molar-refractivity contribution in [3.63, 3.8) is 0 Å². The van der Waals surface area contributed by atoms with Crippen LogP contribution in [0.25, 0.3) is 0 Å². The normalized spacial score (nSPS) is 8.77. The molecule has 0 aromatic heterocycles. The highest BCUT2D eigenvalue weighted by Gasteiger charge is 2.04. The number of non-ortho nitro benzene ring substituents is 1. The van der Waals surface area contributed by atoms with E-state index in [-0.39, 0.29) is 5.69 Å². The molecule has 22 heavy (non-hydrogen) atoms. The van der Waals surface area contributed by atoms with Gasteiger partial charge in [0, 0.05) is 49.4 Å². The Labute approximate surface area is 154 Å². The summed E-state index contributed by atoms with van der Waals surface area (Å²) >= 11 is 4.24. The van der Waals surface area contributed by atoms with Crippen molar-refractivity contribution in [3.05, 3.63) is 64.2 Å². The molecule has 0 radical (unpaired) electrons. The first kappa shape index (κ1) is 21.1. The van der Waals surface area contributed by atoms with Gasteiger partial charge < -0.3 is 4.74 Å². The van der Waals surface area contributed by atoms with E-state index in [0.29, 0.717) is 5.75 Å². The van der Waals surface area contributed by atoms with Gasteiger partial charge in [0.15, 0.2) is 0 Å². The maximum absolute atomic E-state index is 10.5. The van der Waals surface area contributed by atoms with Crippen LogP contribution < -0.4 is 4.74 Å². The lowest BCUT2D eigenvalue weighted by Gasteiger charge is -2.05. The summed E-state index contributed by atoms with van der Waals surface area (Å²) in [6.45, 7) is 6.09. The molecule has 0 amide bonds. The number of ether oxygens (including phenoxy) is 1. The van der Waals surface area contributed by atoms with Gasteiger partial charge in [0.25, 0.3) is 5.69 Å². The van der Waals surface area contributed by atoms with E-state index >= 15 is 0 Å². The molecule has 0 saturated carbocycles. The van der Waals surface area contributed by atoms with Crippen molar-refractivity contribution in [1.29, 1.82) is 0 Å².